The predicted molar refractivity (Wildman–Crippen MR) is 243 cm³/mol. The second-order valence-corrected chi connectivity index (χ2v) is 19.0. The van der Waals surface area contributed by atoms with Crippen molar-refractivity contribution in [2.45, 2.75) is 42.9 Å². The Hall–Kier alpha value is -6.58. The minimum atomic E-state index is -0.505. The Labute approximate surface area is 357 Å². The van der Waals surface area contributed by atoms with Crippen LogP contribution in [0.2, 0.25) is 0 Å². The molecule has 3 unspecified atom stereocenters. The van der Waals surface area contributed by atoms with Crippen LogP contribution in [0.1, 0.15) is 59.9 Å². The molecule has 3 heteroatoms. The molecule has 1 spiro atoms. The fourth-order valence-electron chi connectivity index (χ4n) is 14.0. The van der Waals surface area contributed by atoms with E-state index in [9.17, 15) is 0 Å². The first kappa shape index (κ1) is 34.2. The molecule has 2 bridgehead atoms. The number of aromatic nitrogens is 2. The summed E-state index contributed by atoms with van der Waals surface area (Å²) in [7, 11) is 0. The van der Waals surface area contributed by atoms with Gasteiger partial charge in [0, 0.05) is 27.8 Å². The van der Waals surface area contributed by atoms with Crippen molar-refractivity contribution in [2.75, 3.05) is 0 Å². The molecule has 4 saturated carbocycles. The van der Waals surface area contributed by atoms with Gasteiger partial charge in [-0.3, -0.25) is 0 Å². The summed E-state index contributed by atoms with van der Waals surface area (Å²) in [6, 6.07) is 64.3. The number of hydrogen-bond donors (Lipinski definition) is 0. The van der Waals surface area contributed by atoms with Crippen molar-refractivity contribution in [3.05, 3.63) is 204 Å². The van der Waals surface area contributed by atoms with Crippen LogP contribution in [0.25, 0.3) is 56.2 Å². The molecule has 292 valence electrons. The minimum absolute atomic E-state index is 0.382. The summed E-state index contributed by atoms with van der Waals surface area (Å²) in [5.74, 6) is 7.32. The van der Waals surface area contributed by atoms with Crippen LogP contribution in [-0.4, -0.2) is 9.97 Å². The highest BCUT2D eigenvalue weighted by atomic mass is 16.5. The average Bonchev–Trinajstić information content (AvgIpc) is 3.89. The molecule has 6 aliphatic rings. The molecule has 7 aromatic carbocycles. The highest BCUT2D eigenvalue weighted by Crippen LogP contribution is 2.74. The predicted octanol–water partition coefficient (Wildman–Crippen LogP) is 13.9. The summed E-state index contributed by atoms with van der Waals surface area (Å²) in [6.45, 7) is 0. The van der Waals surface area contributed by atoms with Gasteiger partial charge < -0.3 is 4.74 Å². The van der Waals surface area contributed by atoms with Gasteiger partial charge in [-0.1, -0.05) is 146 Å². The number of para-hydroxylation sites is 2. The van der Waals surface area contributed by atoms with E-state index in [1.165, 1.54) is 71.0 Å². The van der Waals surface area contributed by atoms with E-state index >= 15 is 0 Å². The van der Waals surface area contributed by atoms with Crippen molar-refractivity contribution in [1.82, 2.24) is 9.97 Å². The molecule has 0 saturated heterocycles. The molecule has 5 aliphatic carbocycles. The Morgan fingerprint density at radius 3 is 1.90 bits per heavy atom. The second kappa shape index (κ2) is 12.5. The van der Waals surface area contributed by atoms with Crippen LogP contribution in [0.15, 0.2) is 176 Å². The van der Waals surface area contributed by atoms with E-state index in [1.54, 1.807) is 5.56 Å². The van der Waals surface area contributed by atoms with Gasteiger partial charge in [-0.15, -0.1) is 0 Å². The molecule has 14 rings (SSSR count). The molecule has 6 atom stereocenters. The maximum atomic E-state index is 6.59. The zero-order chi connectivity index (χ0) is 39.9. The van der Waals surface area contributed by atoms with E-state index < -0.39 is 5.41 Å². The maximum absolute atomic E-state index is 6.59. The summed E-state index contributed by atoms with van der Waals surface area (Å²) in [4.78, 5) is 10.8. The monoisotopic (exact) mass is 784 g/mol. The van der Waals surface area contributed by atoms with Gasteiger partial charge in [-0.25, -0.2) is 9.97 Å². The Morgan fingerprint density at radius 1 is 0.443 bits per heavy atom. The lowest BCUT2D eigenvalue weighted by Crippen LogP contribution is -2.40. The minimum Gasteiger partial charge on any atom is -0.457 e. The third kappa shape index (κ3) is 4.70. The van der Waals surface area contributed by atoms with Crippen LogP contribution in [0.5, 0.6) is 11.5 Å². The van der Waals surface area contributed by atoms with Gasteiger partial charge in [0.05, 0.1) is 16.8 Å². The zero-order valence-electron chi connectivity index (χ0n) is 34.0. The van der Waals surface area contributed by atoms with Crippen LogP contribution in [0.3, 0.4) is 0 Å². The molecule has 0 amide bonds. The van der Waals surface area contributed by atoms with Crippen molar-refractivity contribution in [3.63, 3.8) is 0 Å². The Kier molecular flexibility index (Phi) is 6.99. The van der Waals surface area contributed by atoms with Crippen molar-refractivity contribution >= 4 is 0 Å². The van der Waals surface area contributed by atoms with E-state index in [4.69, 9.17) is 14.7 Å². The number of hydrogen-bond acceptors (Lipinski definition) is 3. The second-order valence-electron chi connectivity index (χ2n) is 19.0. The Bertz CT molecular complexity index is 3040. The summed E-state index contributed by atoms with van der Waals surface area (Å²) in [5.41, 5.74) is 16.3. The topological polar surface area (TPSA) is 35.0 Å². The number of nitrogens with zero attached hydrogens (tertiary/aromatic N) is 2. The van der Waals surface area contributed by atoms with Gasteiger partial charge in [-0.2, -0.15) is 0 Å². The van der Waals surface area contributed by atoms with Crippen LogP contribution in [0, 0.1) is 29.6 Å². The average molecular weight is 785 g/mol. The molecule has 8 aromatic rings. The lowest BCUT2D eigenvalue weighted by Gasteiger charge is -2.48. The zero-order valence-corrected chi connectivity index (χ0v) is 34.0. The van der Waals surface area contributed by atoms with E-state index in [1.807, 2.05) is 0 Å². The van der Waals surface area contributed by atoms with E-state index in [0.717, 1.165) is 80.6 Å². The summed E-state index contributed by atoms with van der Waals surface area (Å²) < 4.78 is 6.59. The molecule has 4 fully saturated rings. The Balaban J connectivity index is 0.929. The fourth-order valence-corrected chi connectivity index (χ4v) is 14.0. The summed E-state index contributed by atoms with van der Waals surface area (Å²) >= 11 is 0. The molecular formula is C58H44N2O. The standard InChI is InChI=1S/C58H44N2O/c1-2-11-36(12-3-1)38-13-10-14-40(29-38)56-59-51(37-21-24-43(25-22-37)57-33-35-27-41-30-42(34-57)55(41)50(57)28-35)32-52(60-56)39-23-26-47-45(31-39)44-15-4-5-16-46(44)58(47)48-17-6-8-19-53(48)61-54-20-9-7-18-49(54)58/h1-26,29,31-32,35,41-42,50,55H,27-28,30,33-34H2/t35?,41-,42+,50?,55+,57?/m1/s1. The Morgan fingerprint density at radius 2 is 1.10 bits per heavy atom. The molecule has 0 N–H and O–H groups in total. The number of benzene rings is 7. The summed E-state index contributed by atoms with van der Waals surface area (Å²) in [5, 5.41) is 0. The third-order valence-electron chi connectivity index (χ3n) is 16.2. The third-order valence-corrected chi connectivity index (χ3v) is 16.2. The van der Waals surface area contributed by atoms with E-state index in [0.29, 0.717) is 5.41 Å². The number of ether oxygens (including phenoxy) is 1. The van der Waals surface area contributed by atoms with Gasteiger partial charge in [0.1, 0.15) is 11.5 Å². The van der Waals surface area contributed by atoms with Gasteiger partial charge in [0.15, 0.2) is 5.82 Å². The molecule has 2 heterocycles. The quantitative estimate of drug-likeness (QED) is 0.174. The lowest BCUT2D eigenvalue weighted by atomic mass is 9.57. The van der Waals surface area contributed by atoms with Crippen LogP contribution < -0.4 is 4.74 Å². The summed E-state index contributed by atoms with van der Waals surface area (Å²) in [6.07, 6.45) is 7.23. The highest BCUT2D eigenvalue weighted by molar-refractivity contribution is 5.91. The van der Waals surface area contributed by atoms with E-state index in [2.05, 4.69) is 176 Å². The lowest BCUT2D eigenvalue weighted by molar-refractivity contribution is 0.0152. The molecule has 61 heavy (non-hydrogen) atoms. The van der Waals surface area contributed by atoms with Crippen LogP contribution in [-0.2, 0) is 10.8 Å². The SMILES string of the molecule is c1ccc(-c2cccc(-c3nc(-c4ccc(C56CC7CC5[C@H]5[C@H](C7)C[C@H]5C6)cc4)cc(-c4ccc5c(c4)-c4ccccc4C54c5ccccc5Oc5ccccc54)n3)c2)cc1. The number of fused-ring (bicyclic) bond motifs is 10. The van der Waals surface area contributed by atoms with Crippen molar-refractivity contribution in [3.8, 4) is 67.7 Å². The van der Waals surface area contributed by atoms with Gasteiger partial charge in [0.2, 0.25) is 0 Å². The first-order valence-electron chi connectivity index (χ1n) is 22.4. The maximum Gasteiger partial charge on any atom is 0.160 e. The first-order valence-corrected chi connectivity index (χ1v) is 22.4. The molecule has 3 nitrogen and oxygen atoms in total. The highest BCUT2D eigenvalue weighted by Gasteiger charge is 2.67. The normalized spacial score (nSPS) is 24.9. The van der Waals surface area contributed by atoms with Crippen molar-refractivity contribution in [1.29, 1.82) is 0 Å². The molecular weight excluding hydrogens is 741 g/mol. The molecule has 0 radical (unpaired) electrons. The van der Waals surface area contributed by atoms with Crippen LogP contribution >= 0.6 is 0 Å². The van der Waals surface area contributed by atoms with E-state index in [-0.39, 0.29) is 0 Å². The van der Waals surface area contributed by atoms with Gasteiger partial charge >= 0.3 is 0 Å². The molecule has 1 aromatic heterocycles. The van der Waals surface area contributed by atoms with Crippen LogP contribution in [0.4, 0.5) is 0 Å². The van der Waals surface area contributed by atoms with Crippen molar-refractivity contribution in [2.24, 2.45) is 29.6 Å². The first-order chi connectivity index (χ1) is 30.1. The number of rotatable bonds is 5. The molecule has 1 aliphatic heterocycles. The van der Waals surface area contributed by atoms with Gasteiger partial charge in [0.25, 0.3) is 0 Å². The smallest absolute Gasteiger partial charge is 0.160 e. The largest absolute Gasteiger partial charge is 0.457 e. The fraction of sp³-hybridized carbons (Fsp3) is 0.207. The van der Waals surface area contributed by atoms with Gasteiger partial charge in [-0.05, 0) is 136 Å². The van der Waals surface area contributed by atoms with Crippen molar-refractivity contribution < 1.29 is 4.74 Å².